The molecule has 1 aliphatic rings. The van der Waals surface area contributed by atoms with Crippen molar-refractivity contribution in [2.75, 3.05) is 24.5 Å². The molecule has 1 N–H and O–H groups in total. The number of para-hydroxylation sites is 1. The van der Waals surface area contributed by atoms with Crippen molar-refractivity contribution < 1.29 is 9.59 Å². The molecule has 1 atom stereocenters. The average molecular weight is 218 g/mol. The van der Waals surface area contributed by atoms with Crippen LogP contribution in [0.25, 0.3) is 0 Å². The van der Waals surface area contributed by atoms with Crippen LogP contribution in [0.1, 0.15) is 0 Å². The average Bonchev–Trinajstić information content (AvgIpc) is 2.39. The van der Waals surface area contributed by atoms with E-state index in [4.69, 9.17) is 0 Å². The molecule has 1 aromatic carbocycles. The predicted octanol–water partition coefficient (Wildman–Crippen LogP) is 0.233. The Balaban J connectivity index is 2.07. The Labute approximate surface area is 94.2 Å². The molecule has 0 aliphatic carbocycles. The molecule has 16 heavy (non-hydrogen) atoms. The molecule has 0 aromatic heterocycles. The summed E-state index contributed by atoms with van der Waals surface area (Å²) in [6.45, 7) is 2.13. The van der Waals surface area contributed by atoms with E-state index in [1.165, 1.54) is 0 Å². The number of rotatable bonds is 3. The van der Waals surface area contributed by atoms with Crippen molar-refractivity contribution in [3.8, 4) is 0 Å². The number of carbonyl (C=O) groups excluding carboxylic acids is 2. The van der Waals surface area contributed by atoms with Gasteiger partial charge in [-0.1, -0.05) is 18.2 Å². The highest BCUT2D eigenvalue weighted by molar-refractivity contribution is 6.27. The van der Waals surface area contributed by atoms with Crippen LogP contribution in [0.3, 0.4) is 0 Å². The summed E-state index contributed by atoms with van der Waals surface area (Å²) >= 11 is 0. The quantitative estimate of drug-likeness (QED) is 0.583. The first-order chi connectivity index (χ1) is 7.81. The Morgan fingerprint density at radius 3 is 2.81 bits per heavy atom. The lowest BCUT2D eigenvalue weighted by molar-refractivity contribution is -0.131. The number of aldehydes is 1. The number of Topliss-reactive ketones (excluding diaryl/α,β-unsaturated/α-hetero) is 1. The molecule has 0 bridgehead atoms. The number of benzene rings is 1. The summed E-state index contributed by atoms with van der Waals surface area (Å²) in [5.41, 5.74) is 1.09. The van der Waals surface area contributed by atoms with Gasteiger partial charge in [-0.25, -0.2) is 0 Å². The number of anilines is 1. The third kappa shape index (κ3) is 2.28. The number of carbonyl (C=O) groups is 2. The zero-order valence-electron chi connectivity index (χ0n) is 8.93. The van der Waals surface area contributed by atoms with Crippen molar-refractivity contribution in [3.05, 3.63) is 30.3 Å². The van der Waals surface area contributed by atoms with E-state index in [0.29, 0.717) is 12.8 Å². The molecule has 2 rings (SSSR count). The number of nitrogens with one attached hydrogen (secondary N) is 1. The van der Waals surface area contributed by atoms with Gasteiger partial charge >= 0.3 is 0 Å². The minimum Gasteiger partial charge on any atom is -0.368 e. The van der Waals surface area contributed by atoms with E-state index in [9.17, 15) is 9.59 Å². The standard InChI is InChI=1S/C12H14N2O2/c15-9-12(16)11-8-14(7-6-13-11)10-4-2-1-3-5-10/h1-5,9,11,13H,6-8H2. The maximum atomic E-state index is 11.3. The first-order valence-corrected chi connectivity index (χ1v) is 5.33. The molecule has 0 saturated carbocycles. The number of piperazine rings is 1. The highest BCUT2D eigenvalue weighted by Gasteiger charge is 2.24. The van der Waals surface area contributed by atoms with Gasteiger partial charge in [-0.15, -0.1) is 0 Å². The van der Waals surface area contributed by atoms with E-state index >= 15 is 0 Å². The molecule has 0 radical (unpaired) electrons. The fraction of sp³-hybridized carbons (Fsp3) is 0.333. The van der Waals surface area contributed by atoms with E-state index in [0.717, 1.165) is 18.8 Å². The van der Waals surface area contributed by atoms with Gasteiger partial charge in [-0.2, -0.15) is 0 Å². The second kappa shape index (κ2) is 4.90. The van der Waals surface area contributed by atoms with E-state index in [1.807, 2.05) is 30.3 Å². The summed E-state index contributed by atoms with van der Waals surface area (Å²) in [6, 6.07) is 9.54. The van der Waals surface area contributed by atoms with Crippen molar-refractivity contribution in [2.45, 2.75) is 6.04 Å². The lowest BCUT2D eigenvalue weighted by atomic mass is 10.1. The van der Waals surface area contributed by atoms with Crippen LogP contribution < -0.4 is 10.2 Å². The van der Waals surface area contributed by atoms with Crippen LogP contribution in [-0.4, -0.2) is 37.7 Å². The number of ketones is 1. The number of hydrogen-bond donors (Lipinski definition) is 1. The molecule has 0 spiro atoms. The molecular weight excluding hydrogens is 204 g/mol. The minimum atomic E-state index is -0.374. The third-order valence-corrected chi connectivity index (χ3v) is 2.76. The van der Waals surface area contributed by atoms with Gasteiger partial charge in [0, 0.05) is 25.3 Å². The largest absolute Gasteiger partial charge is 0.368 e. The molecule has 1 aliphatic heterocycles. The van der Waals surface area contributed by atoms with Crippen molar-refractivity contribution >= 4 is 17.8 Å². The Kier molecular flexibility index (Phi) is 3.31. The fourth-order valence-electron chi connectivity index (χ4n) is 1.90. The van der Waals surface area contributed by atoms with Crippen LogP contribution in [0, 0.1) is 0 Å². The lowest BCUT2D eigenvalue weighted by Crippen LogP contribution is -2.54. The molecule has 0 amide bonds. The van der Waals surface area contributed by atoms with E-state index in [-0.39, 0.29) is 11.8 Å². The Morgan fingerprint density at radius 1 is 1.38 bits per heavy atom. The molecule has 1 aromatic rings. The number of nitrogens with zero attached hydrogens (tertiary/aromatic N) is 1. The minimum absolute atomic E-state index is 0.369. The van der Waals surface area contributed by atoms with Gasteiger partial charge in [0.15, 0.2) is 6.29 Å². The molecule has 1 heterocycles. The van der Waals surface area contributed by atoms with Crippen LogP contribution in [0.4, 0.5) is 5.69 Å². The SMILES string of the molecule is O=CC(=O)C1CN(c2ccccc2)CCN1. The van der Waals surface area contributed by atoms with E-state index in [1.54, 1.807) is 0 Å². The Bertz CT molecular complexity index is 378. The normalized spacial score (nSPS) is 20.5. The van der Waals surface area contributed by atoms with Gasteiger partial charge in [-0.3, -0.25) is 9.59 Å². The third-order valence-electron chi connectivity index (χ3n) is 2.76. The monoisotopic (exact) mass is 218 g/mol. The Morgan fingerprint density at radius 2 is 2.12 bits per heavy atom. The van der Waals surface area contributed by atoms with Gasteiger partial charge in [0.2, 0.25) is 5.78 Å². The van der Waals surface area contributed by atoms with Crippen molar-refractivity contribution in [1.29, 1.82) is 0 Å². The van der Waals surface area contributed by atoms with Gasteiger partial charge in [-0.05, 0) is 12.1 Å². The highest BCUT2D eigenvalue weighted by Crippen LogP contribution is 2.14. The van der Waals surface area contributed by atoms with Crippen molar-refractivity contribution in [1.82, 2.24) is 5.32 Å². The van der Waals surface area contributed by atoms with Crippen LogP contribution in [0.5, 0.6) is 0 Å². The van der Waals surface area contributed by atoms with Crippen LogP contribution in [0.2, 0.25) is 0 Å². The number of hydrogen-bond acceptors (Lipinski definition) is 4. The predicted molar refractivity (Wildman–Crippen MR) is 61.5 cm³/mol. The summed E-state index contributed by atoms with van der Waals surface area (Å²) in [5, 5.41) is 3.05. The molecule has 1 unspecified atom stereocenters. The van der Waals surface area contributed by atoms with Gasteiger partial charge in [0.25, 0.3) is 0 Å². The Hall–Kier alpha value is -1.68. The van der Waals surface area contributed by atoms with Crippen LogP contribution in [-0.2, 0) is 9.59 Å². The molecule has 84 valence electrons. The summed E-state index contributed by atoms with van der Waals surface area (Å²) in [5.74, 6) is -0.374. The van der Waals surface area contributed by atoms with Crippen molar-refractivity contribution in [2.24, 2.45) is 0 Å². The molecule has 1 saturated heterocycles. The van der Waals surface area contributed by atoms with Gasteiger partial charge in [0.1, 0.15) is 0 Å². The molecule has 1 fully saturated rings. The van der Waals surface area contributed by atoms with Gasteiger partial charge in [0.05, 0.1) is 6.04 Å². The van der Waals surface area contributed by atoms with E-state index < -0.39 is 0 Å². The maximum Gasteiger partial charge on any atom is 0.213 e. The highest BCUT2D eigenvalue weighted by atomic mass is 16.2. The lowest BCUT2D eigenvalue weighted by Gasteiger charge is -2.33. The molecule has 4 heteroatoms. The topological polar surface area (TPSA) is 49.4 Å². The summed E-state index contributed by atoms with van der Waals surface area (Å²) in [7, 11) is 0. The summed E-state index contributed by atoms with van der Waals surface area (Å²) in [4.78, 5) is 23.8. The molecule has 4 nitrogen and oxygen atoms in total. The fourth-order valence-corrected chi connectivity index (χ4v) is 1.90. The first-order valence-electron chi connectivity index (χ1n) is 5.33. The van der Waals surface area contributed by atoms with E-state index in [2.05, 4.69) is 10.2 Å². The van der Waals surface area contributed by atoms with Crippen LogP contribution in [0.15, 0.2) is 30.3 Å². The first kappa shape index (κ1) is 10.8. The second-order valence-electron chi connectivity index (χ2n) is 3.81. The zero-order valence-corrected chi connectivity index (χ0v) is 8.93. The van der Waals surface area contributed by atoms with Gasteiger partial charge < -0.3 is 10.2 Å². The summed E-state index contributed by atoms with van der Waals surface area (Å²) in [6.07, 6.45) is 0.395. The second-order valence-corrected chi connectivity index (χ2v) is 3.81. The van der Waals surface area contributed by atoms with Crippen molar-refractivity contribution in [3.63, 3.8) is 0 Å². The molecular formula is C12H14N2O2. The smallest absolute Gasteiger partial charge is 0.213 e. The van der Waals surface area contributed by atoms with Crippen LogP contribution >= 0.6 is 0 Å². The zero-order chi connectivity index (χ0) is 11.4. The summed E-state index contributed by atoms with van der Waals surface area (Å²) < 4.78 is 0. The maximum absolute atomic E-state index is 11.3.